The van der Waals surface area contributed by atoms with Crippen molar-refractivity contribution in [1.82, 2.24) is 5.32 Å². The van der Waals surface area contributed by atoms with Gasteiger partial charge < -0.3 is 20.6 Å². The van der Waals surface area contributed by atoms with Crippen molar-refractivity contribution in [3.05, 3.63) is 46.5 Å². The highest BCUT2D eigenvalue weighted by molar-refractivity contribution is 6.24. The Balaban J connectivity index is 1.84. The average molecular weight is 398 g/mol. The van der Waals surface area contributed by atoms with Crippen molar-refractivity contribution in [3.8, 4) is 0 Å². The number of aliphatic hydroxyl groups excluding tert-OH is 2. The number of Topliss-reactive ketones (excluding diaryl/α,β-unsaturated/α-hetero) is 2. The second-order valence-electron chi connectivity index (χ2n) is 7.89. The number of dihydropyridines is 1. The van der Waals surface area contributed by atoms with Crippen molar-refractivity contribution in [3.63, 3.8) is 0 Å². The molecule has 4 N–H and O–H groups in total. The lowest BCUT2D eigenvalue weighted by atomic mass is 9.59. The number of fused-ring (bicyclic) bond motifs is 3. The summed E-state index contributed by atoms with van der Waals surface area (Å²) in [5, 5.41) is 35.1. The Morgan fingerprint density at radius 2 is 2.07 bits per heavy atom. The summed E-state index contributed by atoms with van der Waals surface area (Å²) in [6.07, 6.45) is 2.21. The zero-order chi connectivity index (χ0) is 21.1. The fourth-order valence-electron chi connectivity index (χ4n) is 4.78. The van der Waals surface area contributed by atoms with E-state index in [0.29, 0.717) is 18.7 Å². The molecule has 1 fully saturated rings. The van der Waals surface area contributed by atoms with Gasteiger partial charge >= 0.3 is 0 Å². The number of rotatable bonds is 2. The second kappa shape index (κ2) is 6.52. The minimum atomic E-state index is -2.42. The summed E-state index contributed by atoms with van der Waals surface area (Å²) >= 11 is 0. The number of aliphatic imine (C=N–C) groups is 1. The van der Waals surface area contributed by atoms with Gasteiger partial charge in [-0.05, 0) is 36.8 Å². The van der Waals surface area contributed by atoms with E-state index in [2.05, 4.69) is 16.9 Å². The van der Waals surface area contributed by atoms with Crippen LogP contribution in [-0.2, 0) is 14.4 Å². The van der Waals surface area contributed by atoms with Gasteiger partial charge in [0.05, 0.1) is 6.54 Å². The molecule has 29 heavy (non-hydrogen) atoms. The Hall–Kier alpha value is -3.00. The lowest BCUT2D eigenvalue weighted by Gasteiger charge is -2.46. The third-order valence-corrected chi connectivity index (χ3v) is 6.10. The van der Waals surface area contributed by atoms with E-state index < -0.39 is 46.2 Å². The molecule has 1 heterocycles. The largest absolute Gasteiger partial charge is 0.508 e. The number of hydrogen-bond acceptors (Lipinski definition) is 7. The van der Waals surface area contributed by atoms with Crippen molar-refractivity contribution in [2.75, 3.05) is 13.1 Å². The smallest absolute Gasteiger partial charge is 0.258 e. The fourth-order valence-corrected chi connectivity index (χ4v) is 4.78. The first-order valence-electron chi connectivity index (χ1n) is 9.59. The first-order valence-corrected chi connectivity index (χ1v) is 9.59. The summed E-state index contributed by atoms with van der Waals surface area (Å²) in [6, 6.07) is 0. The topological polar surface area (TPSA) is 136 Å². The summed E-state index contributed by atoms with van der Waals surface area (Å²) in [7, 11) is 0. The van der Waals surface area contributed by atoms with Crippen LogP contribution in [-0.4, -0.2) is 57.2 Å². The molecule has 1 aliphatic heterocycles. The number of carbonyl (C=O) groups is 3. The quantitative estimate of drug-likeness (QED) is 0.512. The third kappa shape index (κ3) is 2.62. The van der Waals surface area contributed by atoms with E-state index in [0.717, 1.165) is 11.1 Å². The number of nitrogens with one attached hydrogen (secondary N) is 1. The molecule has 0 spiro atoms. The zero-order valence-corrected chi connectivity index (χ0v) is 16.0. The normalized spacial score (nSPS) is 31.6. The van der Waals surface area contributed by atoms with Gasteiger partial charge in [-0.25, -0.2) is 0 Å². The van der Waals surface area contributed by atoms with Crippen LogP contribution in [0.25, 0.3) is 0 Å². The maximum atomic E-state index is 13.3. The lowest BCUT2D eigenvalue weighted by molar-refractivity contribution is -0.148. The number of hydrogen-bond donors (Lipinski definition) is 4. The summed E-state index contributed by atoms with van der Waals surface area (Å²) < 4.78 is 0. The number of allylic oxidation sites excluding steroid dienone is 1. The Morgan fingerprint density at radius 3 is 2.76 bits per heavy atom. The molecular formula is C21H22N2O6. The highest BCUT2D eigenvalue weighted by Gasteiger charge is 2.60. The van der Waals surface area contributed by atoms with Gasteiger partial charge in [-0.2, -0.15) is 0 Å². The van der Waals surface area contributed by atoms with E-state index in [1.54, 1.807) is 6.92 Å². The maximum Gasteiger partial charge on any atom is 0.258 e. The molecule has 152 valence electrons. The van der Waals surface area contributed by atoms with Crippen LogP contribution in [0.2, 0.25) is 0 Å². The van der Waals surface area contributed by atoms with E-state index in [1.807, 2.05) is 6.08 Å². The third-order valence-electron chi connectivity index (χ3n) is 6.10. The van der Waals surface area contributed by atoms with Crippen molar-refractivity contribution >= 4 is 23.2 Å². The summed E-state index contributed by atoms with van der Waals surface area (Å²) in [4.78, 5) is 42.3. The van der Waals surface area contributed by atoms with Gasteiger partial charge in [0, 0.05) is 24.5 Å². The molecule has 3 aliphatic carbocycles. The number of nitrogens with zero attached hydrogens (tertiary/aromatic N) is 1. The molecule has 0 radical (unpaired) electrons. The van der Waals surface area contributed by atoms with Crippen LogP contribution in [0.15, 0.2) is 51.5 Å². The van der Waals surface area contributed by atoms with Gasteiger partial charge in [0.25, 0.3) is 5.91 Å². The number of likely N-dealkylation sites (N-methyl/N-ethyl adjacent to an activating group) is 1. The molecule has 0 aromatic heterocycles. The van der Waals surface area contributed by atoms with Crippen LogP contribution in [0.3, 0.4) is 0 Å². The summed E-state index contributed by atoms with van der Waals surface area (Å²) in [5.41, 5.74) is -1.19. The second-order valence-corrected chi connectivity index (χ2v) is 7.89. The van der Waals surface area contributed by atoms with Crippen LogP contribution < -0.4 is 5.32 Å². The van der Waals surface area contributed by atoms with Crippen molar-refractivity contribution in [2.24, 2.45) is 16.8 Å². The Kier molecular flexibility index (Phi) is 4.34. The molecule has 3 atom stereocenters. The Bertz CT molecular complexity index is 999. The first-order chi connectivity index (χ1) is 13.7. The predicted octanol–water partition coefficient (Wildman–Crippen LogP) is 0.997. The standard InChI is InChI=1S/C21H22N2O6/c1-3-22-20(28)15-13(24)7-12-6-10-5-11-4-9(2)8-23-16(11)17(25)14(10)18(26)21(12,29)19(15)27/h4,10,12,25,27,29H,2-3,5-8H2,1H3,(H,22,28)/t10?,12?,21-/m0/s1. The van der Waals surface area contributed by atoms with Gasteiger partial charge in [0.15, 0.2) is 11.4 Å². The molecule has 2 unspecified atom stereocenters. The monoisotopic (exact) mass is 398 g/mol. The molecule has 8 nitrogen and oxygen atoms in total. The van der Waals surface area contributed by atoms with Crippen molar-refractivity contribution < 1.29 is 29.7 Å². The zero-order valence-electron chi connectivity index (χ0n) is 16.0. The highest BCUT2D eigenvalue weighted by Crippen LogP contribution is 2.50. The van der Waals surface area contributed by atoms with E-state index >= 15 is 0 Å². The molecule has 4 rings (SSSR count). The van der Waals surface area contributed by atoms with E-state index in [-0.39, 0.29) is 30.7 Å². The SMILES string of the molecule is C=C1C=C2CC3CC4CC(=O)C(C(=O)NCC)=C(O)[C@@]4(O)C(=O)C3=C(O)C2=NC1. The minimum Gasteiger partial charge on any atom is -0.508 e. The van der Waals surface area contributed by atoms with Gasteiger partial charge in [-0.3, -0.25) is 19.4 Å². The number of carbonyl (C=O) groups excluding carboxylic acids is 3. The van der Waals surface area contributed by atoms with Crippen molar-refractivity contribution in [1.29, 1.82) is 0 Å². The molecule has 1 saturated carbocycles. The summed E-state index contributed by atoms with van der Waals surface area (Å²) in [6.45, 7) is 6.03. The van der Waals surface area contributed by atoms with E-state index in [4.69, 9.17) is 0 Å². The van der Waals surface area contributed by atoms with Gasteiger partial charge in [0.1, 0.15) is 22.8 Å². The maximum absolute atomic E-state index is 13.3. The Labute approximate surface area is 167 Å². The Morgan fingerprint density at radius 1 is 1.34 bits per heavy atom. The molecule has 0 saturated heterocycles. The molecule has 8 heteroatoms. The molecule has 0 aromatic rings. The fraction of sp³-hybridized carbons (Fsp3) is 0.429. The molecule has 4 aliphatic rings. The van der Waals surface area contributed by atoms with Crippen LogP contribution >= 0.6 is 0 Å². The molecule has 0 aromatic carbocycles. The van der Waals surface area contributed by atoms with E-state index in [1.165, 1.54) is 0 Å². The number of amides is 1. The van der Waals surface area contributed by atoms with Gasteiger partial charge in [-0.15, -0.1) is 0 Å². The average Bonchev–Trinajstić information content (AvgIpc) is 2.65. The summed E-state index contributed by atoms with van der Waals surface area (Å²) in [5.74, 6) is -4.89. The lowest BCUT2D eigenvalue weighted by Crippen LogP contribution is -2.58. The highest BCUT2D eigenvalue weighted by atomic mass is 16.3. The molecular weight excluding hydrogens is 376 g/mol. The molecule has 1 amide bonds. The predicted molar refractivity (Wildman–Crippen MR) is 103 cm³/mol. The van der Waals surface area contributed by atoms with Crippen LogP contribution in [0, 0.1) is 11.8 Å². The van der Waals surface area contributed by atoms with Gasteiger partial charge in [0.2, 0.25) is 5.78 Å². The van der Waals surface area contributed by atoms with E-state index in [9.17, 15) is 29.7 Å². The first kappa shape index (κ1) is 19.3. The van der Waals surface area contributed by atoms with Crippen LogP contribution in [0.1, 0.15) is 26.2 Å². The van der Waals surface area contributed by atoms with Crippen LogP contribution in [0.4, 0.5) is 0 Å². The number of ketones is 2. The molecule has 0 bridgehead atoms. The minimum absolute atomic E-state index is 0.0108. The van der Waals surface area contributed by atoms with Gasteiger partial charge in [-0.1, -0.05) is 12.7 Å². The van der Waals surface area contributed by atoms with Crippen molar-refractivity contribution in [2.45, 2.75) is 31.8 Å². The van der Waals surface area contributed by atoms with Crippen LogP contribution in [0.5, 0.6) is 0 Å². The number of aliphatic hydroxyl groups is 3.